The quantitative estimate of drug-likeness (QED) is 0.806. The van der Waals surface area contributed by atoms with Crippen LogP contribution in [0.5, 0.6) is 0 Å². The van der Waals surface area contributed by atoms with Crippen LogP contribution in [-0.4, -0.2) is 28.9 Å². The molecule has 1 rings (SSSR count). The molecule has 0 aliphatic rings. The van der Waals surface area contributed by atoms with Crippen LogP contribution in [0.15, 0.2) is 30.3 Å². The first kappa shape index (κ1) is 19.2. The smallest absolute Gasteiger partial charge is 0.410 e. The Morgan fingerprint density at radius 2 is 1.57 bits per heavy atom. The highest BCUT2D eigenvalue weighted by molar-refractivity contribution is 5.84. The van der Waals surface area contributed by atoms with E-state index in [1.165, 1.54) is 4.90 Å². The molecule has 0 spiro atoms. The molecule has 1 amide bonds. The number of hydrogen-bond donors (Lipinski definition) is 0. The summed E-state index contributed by atoms with van der Waals surface area (Å²) < 4.78 is 5.44. The van der Waals surface area contributed by atoms with Gasteiger partial charge in [0.1, 0.15) is 5.60 Å². The number of carbonyl (C=O) groups excluding carboxylic acids is 2. The fourth-order valence-corrected chi connectivity index (χ4v) is 2.18. The second kappa shape index (κ2) is 7.62. The minimum absolute atomic E-state index is 0.0410. The van der Waals surface area contributed by atoms with E-state index >= 15 is 0 Å². The number of hydrogen-bond acceptors (Lipinski definition) is 3. The number of carbonyl (C=O) groups is 2. The van der Waals surface area contributed by atoms with Crippen molar-refractivity contribution in [3.8, 4) is 0 Å². The van der Waals surface area contributed by atoms with E-state index in [0.717, 1.165) is 5.56 Å². The molecule has 4 nitrogen and oxygen atoms in total. The maximum Gasteiger partial charge on any atom is 0.410 e. The summed E-state index contributed by atoms with van der Waals surface area (Å²) in [5.41, 5.74) is 0.296. The van der Waals surface area contributed by atoms with Crippen LogP contribution in [0.4, 0.5) is 4.79 Å². The van der Waals surface area contributed by atoms with E-state index in [1.54, 1.807) is 0 Å². The minimum Gasteiger partial charge on any atom is -0.444 e. The molecule has 1 aromatic carbocycles. The Bertz CT molecular complexity index is 524. The molecule has 0 aliphatic heterocycles. The van der Waals surface area contributed by atoms with E-state index in [9.17, 15) is 9.59 Å². The molecule has 23 heavy (non-hydrogen) atoms. The van der Waals surface area contributed by atoms with Crippen molar-refractivity contribution >= 4 is 11.9 Å². The third kappa shape index (κ3) is 8.38. The monoisotopic (exact) mass is 319 g/mol. The molecule has 0 fully saturated rings. The van der Waals surface area contributed by atoms with E-state index in [2.05, 4.69) is 0 Å². The molecule has 0 N–H and O–H groups in total. The Kier molecular flexibility index (Phi) is 6.37. The summed E-state index contributed by atoms with van der Waals surface area (Å²) in [5.74, 6) is 0.0410. The van der Waals surface area contributed by atoms with Gasteiger partial charge in [-0.15, -0.1) is 0 Å². The molecule has 0 saturated heterocycles. The number of amides is 1. The number of rotatable bonds is 5. The standard InChI is InChI=1S/C19H29NO3/c1-18(2,3)12-16(21)14-20(17(22)23-19(4,5)6)13-15-10-8-7-9-11-15/h7-11H,12-14H2,1-6H3. The Morgan fingerprint density at radius 1 is 1.00 bits per heavy atom. The van der Waals surface area contributed by atoms with Crippen molar-refractivity contribution in [1.29, 1.82) is 0 Å². The van der Waals surface area contributed by atoms with E-state index in [4.69, 9.17) is 4.74 Å². The first-order valence-electron chi connectivity index (χ1n) is 8.00. The molecule has 4 heteroatoms. The lowest BCUT2D eigenvalue weighted by Gasteiger charge is -2.28. The molecule has 128 valence electrons. The number of ether oxygens (including phenoxy) is 1. The van der Waals surface area contributed by atoms with Crippen LogP contribution in [0.1, 0.15) is 53.5 Å². The van der Waals surface area contributed by atoms with Gasteiger partial charge in [0, 0.05) is 13.0 Å². The maximum atomic E-state index is 12.4. The highest BCUT2D eigenvalue weighted by Crippen LogP contribution is 2.20. The van der Waals surface area contributed by atoms with Crippen LogP contribution < -0.4 is 0 Å². The van der Waals surface area contributed by atoms with Gasteiger partial charge >= 0.3 is 6.09 Å². The topological polar surface area (TPSA) is 46.6 Å². The lowest BCUT2D eigenvalue weighted by Crippen LogP contribution is -2.40. The number of Topliss-reactive ketones (excluding diaryl/α,β-unsaturated/α-hetero) is 1. The summed E-state index contributed by atoms with van der Waals surface area (Å²) in [6.07, 6.45) is -0.0234. The lowest BCUT2D eigenvalue weighted by atomic mass is 9.90. The van der Waals surface area contributed by atoms with Crippen molar-refractivity contribution in [2.45, 2.75) is 60.1 Å². The summed E-state index contributed by atoms with van der Waals surface area (Å²) in [5, 5.41) is 0. The molecule has 0 radical (unpaired) electrons. The molecule has 0 aliphatic carbocycles. The van der Waals surface area contributed by atoms with Gasteiger partial charge in [-0.1, -0.05) is 51.1 Å². The molecule has 0 atom stereocenters. The van der Waals surface area contributed by atoms with Crippen LogP contribution in [0.2, 0.25) is 0 Å². The largest absolute Gasteiger partial charge is 0.444 e. The molecule has 0 unspecified atom stereocenters. The van der Waals surface area contributed by atoms with Gasteiger partial charge in [-0.05, 0) is 31.7 Å². The maximum absolute atomic E-state index is 12.4. The van der Waals surface area contributed by atoms with Gasteiger partial charge in [-0.25, -0.2) is 4.79 Å². The normalized spacial score (nSPS) is 11.9. The zero-order valence-corrected chi connectivity index (χ0v) is 15.2. The van der Waals surface area contributed by atoms with Crippen molar-refractivity contribution in [3.05, 3.63) is 35.9 Å². The molecular weight excluding hydrogens is 290 g/mol. The second-order valence-electron chi connectivity index (χ2n) is 8.10. The Balaban J connectivity index is 2.83. The van der Waals surface area contributed by atoms with Crippen LogP contribution in [0, 0.1) is 5.41 Å². The van der Waals surface area contributed by atoms with Gasteiger partial charge in [0.05, 0.1) is 6.54 Å². The third-order valence-corrected chi connectivity index (χ3v) is 2.96. The first-order chi connectivity index (χ1) is 10.5. The van der Waals surface area contributed by atoms with Gasteiger partial charge in [0.25, 0.3) is 0 Å². The van der Waals surface area contributed by atoms with Crippen molar-refractivity contribution in [2.24, 2.45) is 5.41 Å². The Labute approximate surface area is 139 Å². The summed E-state index contributed by atoms with van der Waals surface area (Å²) in [7, 11) is 0. The highest BCUT2D eigenvalue weighted by atomic mass is 16.6. The average Bonchev–Trinajstić information content (AvgIpc) is 2.34. The number of benzene rings is 1. The van der Waals surface area contributed by atoms with Crippen molar-refractivity contribution in [3.63, 3.8) is 0 Å². The summed E-state index contributed by atoms with van der Waals surface area (Å²) >= 11 is 0. The van der Waals surface area contributed by atoms with Crippen LogP contribution >= 0.6 is 0 Å². The Hall–Kier alpha value is -1.84. The SMILES string of the molecule is CC(C)(C)CC(=O)CN(Cc1ccccc1)C(=O)OC(C)(C)C. The fourth-order valence-electron chi connectivity index (χ4n) is 2.18. The van der Waals surface area contributed by atoms with Crippen molar-refractivity contribution in [2.75, 3.05) is 6.54 Å². The molecule has 0 heterocycles. The summed E-state index contributed by atoms with van der Waals surface area (Å²) in [6, 6.07) is 9.63. The Morgan fingerprint density at radius 3 is 2.04 bits per heavy atom. The average molecular weight is 319 g/mol. The predicted molar refractivity (Wildman–Crippen MR) is 92.2 cm³/mol. The van der Waals surface area contributed by atoms with Crippen molar-refractivity contribution < 1.29 is 14.3 Å². The highest BCUT2D eigenvalue weighted by Gasteiger charge is 2.25. The van der Waals surface area contributed by atoms with Crippen LogP contribution in [0.3, 0.4) is 0 Å². The predicted octanol–water partition coefficient (Wildman–Crippen LogP) is 4.43. The van der Waals surface area contributed by atoms with E-state index in [-0.39, 0.29) is 17.7 Å². The van der Waals surface area contributed by atoms with E-state index in [0.29, 0.717) is 13.0 Å². The van der Waals surface area contributed by atoms with Crippen LogP contribution in [-0.2, 0) is 16.1 Å². The van der Waals surface area contributed by atoms with Gasteiger partial charge in [-0.3, -0.25) is 9.69 Å². The zero-order valence-electron chi connectivity index (χ0n) is 15.2. The molecule has 0 bridgehead atoms. The zero-order chi connectivity index (χ0) is 17.7. The summed E-state index contributed by atoms with van der Waals surface area (Å²) in [4.78, 5) is 26.2. The molecule has 0 aromatic heterocycles. The van der Waals surface area contributed by atoms with Gasteiger partial charge in [-0.2, -0.15) is 0 Å². The third-order valence-electron chi connectivity index (χ3n) is 2.96. The van der Waals surface area contributed by atoms with E-state index in [1.807, 2.05) is 71.9 Å². The first-order valence-corrected chi connectivity index (χ1v) is 8.00. The van der Waals surface area contributed by atoms with Crippen LogP contribution in [0.25, 0.3) is 0 Å². The minimum atomic E-state index is -0.584. The van der Waals surface area contributed by atoms with E-state index < -0.39 is 11.7 Å². The second-order valence-corrected chi connectivity index (χ2v) is 8.10. The van der Waals surface area contributed by atoms with Gasteiger partial charge in [0.2, 0.25) is 0 Å². The molecular formula is C19H29NO3. The van der Waals surface area contributed by atoms with Gasteiger partial charge < -0.3 is 4.74 Å². The number of nitrogens with zero attached hydrogens (tertiary/aromatic N) is 1. The van der Waals surface area contributed by atoms with Crippen molar-refractivity contribution in [1.82, 2.24) is 4.90 Å². The van der Waals surface area contributed by atoms with Gasteiger partial charge in [0.15, 0.2) is 5.78 Å². The summed E-state index contributed by atoms with van der Waals surface area (Å²) in [6.45, 7) is 11.9. The number of ketones is 1. The molecule has 0 saturated carbocycles. The molecule has 1 aromatic rings. The fraction of sp³-hybridized carbons (Fsp3) is 0.579. The lowest BCUT2D eigenvalue weighted by molar-refractivity contribution is -0.122.